The molecule has 3 heterocycles. The van der Waals surface area contributed by atoms with Crippen LogP contribution in [-0.4, -0.2) is 93.0 Å². The second-order valence-electron chi connectivity index (χ2n) is 15.9. The fraction of sp³-hybridized carbons (Fsp3) is 0.737. The predicted octanol–water partition coefficient (Wildman–Crippen LogP) is 3.45. The molecule has 1 aromatic heterocycles. The van der Waals surface area contributed by atoms with Crippen molar-refractivity contribution in [2.45, 2.75) is 154 Å². The van der Waals surface area contributed by atoms with E-state index >= 15 is 0 Å². The highest BCUT2D eigenvalue weighted by molar-refractivity contribution is 6.41. The van der Waals surface area contributed by atoms with Gasteiger partial charge in [0.2, 0.25) is 29.3 Å². The summed E-state index contributed by atoms with van der Waals surface area (Å²) in [5.74, 6) is -3.08. The van der Waals surface area contributed by atoms with E-state index in [9.17, 15) is 28.8 Å². The van der Waals surface area contributed by atoms with Crippen molar-refractivity contribution in [2.75, 3.05) is 6.61 Å². The van der Waals surface area contributed by atoms with Crippen LogP contribution in [0.5, 0.6) is 0 Å². The van der Waals surface area contributed by atoms with E-state index in [1.165, 1.54) is 18.6 Å². The number of carbonyl (C=O) groups excluding carboxylic acids is 6. The molecule has 13 heteroatoms. The third-order valence-electron chi connectivity index (χ3n) is 11.2. The number of rotatable bonds is 13. The maximum atomic E-state index is 14.9. The van der Waals surface area contributed by atoms with Crippen LogP contribution in [0.2, 0.25) is 0 Å². The Morgan fingerprint density at radius 1 is 0.902 bits per heavy atom. The average molecular weight is 709 g/mol. The Labute approximate surface area is 301 Å². The fourth-order valence-corrected chi connectivity index (χ4v) is 8.48. The summed E-state index contributed by atoms with van der Waals surface area (Å²) >= 11 is 0. The summed E-state index contributed by atoms with van der Waals surface area (Å²) in [5, 5.41) is 8.82. The van der Waals surface area contributed by atoms with Crippen molar-refractivity contribution in [1.82, 2.24) is 30.8 Å². The summed E-state index contributed by atoms with van der Waals surface area (Å²) in [6.07, 6.45) is 13.9. The number of nitrogens with one attached hydrogen (secondary N) is 3. The van der Waals surface area contributed by atoms with Crippen LogP contribution in [-0.2, 0) is 28.7 Å². The van der Waals surface area contributed by atoms with Crippen LogP contribution in [0.1, 0.15) is 128 Å². The van der Waals surface area contributed by atoms with E-state index in [0.717, 1.165) is 57.8 Å². The van der Waals surface area contributed by atoms with Gasteiger partial charge in [0.05, 0.1) is 12.2 Å². The Balaban J connectivity index is 1.38. The predicted molar refractivity (Wildman–Crippen MR) is 188 cm³/mol. The molecule has 0 aromatic carbocycles. The number of Topliss-reactive ketones (excluding diaryl/α,β-unsaturated/α-hetero) is 2. The average Bonchev–Trinajstić information content (AvgIpc) is 3.81. The largest absolute Gasteiger partial charge is 0.370 e. The zero-order valence-electron chi connectivity index (χ0n) is 30.7. The SMILES string of the molecule is CCC[C@H](NC(=O)[C@@H]1C[C@@H]2CCCC[C@@H]2N1C(=O)[C@@H](NC(=O)[C@@H](NC(=O)c1cnccn1)C1CCCCC1)C(C)(C)C)C(=O)C(=O)[C@H]1CCCO1. The van der Waals surface area contributed by atoms with E-state index in [1.54, 1.807) is 4.90 Å². The summed E-state index contributed by atoms with van der Waals surface area (Å²) < 4.78 is 5.47. The minimum Gasteiger partial charge on any atom is -0.370 e. The summed E-state index contributed by atoms with van der Waals surface area (Å²) in [4.78, 5) is 92.6. The van der Waals surface area contributed by atoms with Crippen LogP contribution < -0.4 is 16.0 Å². The molecule has 51 heavy (non-hydrogen) atoms. The first kappa shape index (κ1) is 38.5. The number of ketones is 2. The van der Waals surface area contributed by atoms with E-state index < -0.39 is 65.0 Å². The lowest BCUT2D eigenvalue weighted by atomic mass is 9.81. The van der Waals surface area contributed by atoms with Crippen LogP contribution in [0.3, 0.4) is 0 Å². The fourth-order valence-electron chi connectivity index (χ4n) is 8.48. The number of likely N-dealkylation sites (tertiary alicyclic amines) is 1. The van der Waals surface area contributed by atoms with Crippen molar-refractivity contribution in [3.05, 3.63) is 24.3 Å². The Morgan fingerprint density at radius 3 is 2.27 bits per heavy atom. The number of carbonyl (C=O) groups is 6. The lowest BCUT2D eigenvalue weighted by Gasteiger charge is -2.40. The first-order chi connectivity index (χ1) is 24.4. The molecule has 4 amide bonds. The van der Waals surface area contributed by atoms with Crippen molar-refractivity contribution in [3.8, 4) is 0 Å². The van der Waals surface area contributed by atoms with Gasteiger partial charge >= 0.3 is 0 Å². The Hall–Kier alpha value is -3.74. The summed E-state index contributed by atoms with van der Waals surface area (Å²) in [7, 11) is 0. The Kier molecular flexibility index (Phi) is 13.0. The van der Waals surface area contributed by atoms with E-state index in [0.29, 0.717) is 38.7 Å². The molecule has 0 unspecified atom stereocenters. The number of ether oxygens (including phenoxy) is 1. The molecule has 280 valence electrons. The van der Waals surface area contributed by atoms with E-state index in [2.05, 4.69) is 25.9 Å². The maximum absolute atomic E-state index is 14.9. The van der Waals surface area contributed by atoms with E-state index in [1.807, 2.05) is 27.7 Å². The molecule has 4 fully saturated rings. The minimum atomic E-state index is -1.01. The molecule has 3 N–H and O–H groups in total. The molecule has 0 spiro atoms. The molecule has 13 nitrogen and oxygen atoms in total. The van der Waals surface area contributed by atoms with Crippen molar-refractivity contribution in [3.63, 3.8) is 0 Å². The van der Waals surface area contributed by atoms with Crippen LogP contribution in [0.25, 0.3) is 0 Å². The van der Waals surface area contributed by atoms with Gasteiger partial charge in [0, 0.05) is 25.0 Å². The van der Waals surface area contributed by atoms with E-state index in [-0.39, 0.29) is 29.5 Å². The van der Waals surface area contributed by atoms with Gasteiger partial charge in [-0.3, -0.25) is 33.8 Å². The second-order valence-corrected chi connectivity index (χ2v) is 15.9. The van der Waals surface area contributed by atoms with Crippen LogP contribution in [0, 0.1) is 17.3 Å². The number of nitrogens with zero attached hydrogens (tertiary/aromatic N) is 3. The summed E-state index contributed by atoms with van der Waals surface area (Å²) in [6.45, 7) is 7.94. The van der Waals surface area contributed by atoms with Crippen LogP contribution in [0.4, 0.5) is 0 Å². The highest BCUT2D eigenvalue weighted by Gasteiger charge is 2.51. The van der Waals surface area contributed by atoms with Gasteiger partial charge < -0.3 is 25.6 Å². The first-order valence-electron chi connectivity index (χ1n) is 19.1. The van der Waals surface area contributed by atoms with Crippen LogP contribution in [0.15, 0.2) is 18.6 Å². The Bertz CT molecular complexity index is 1420. The highest BCUT2D eigenvalue weighted by Crippen LogP contribution is 2.41. The normalized spacial score (nSPS) is 25.6. The van der Waals surface area contributed by atoms with E-state index in [4.69, 9.17) is 4.74 Å². The number of fused-ring (bicyclic) bond motifs is 1. The summed E-state index contributed by atoms with van der Waals surface area (Å²) in [6, 6.07) is -3.95. The van der Waals surface area contributed by atoms with Gasteiger partial charge in [-0.2, -0.15) is 0 Å². The molecule has 1 aromatic rings. The minimum absolute atomic E-state index is 0.0983. The third-order valence-corrected chi connectivity index (χ3v) is 11.2. The number of aromatic nitrogens is 2. The number of hydrogen-bond donors (Lipinski definition) is 3. The van der Waals surface area contributed by atoms with Crippen LogP contribution >= 0.6 is 0 Å². The molecule has 2 aliphatic heterocycles. The zero-order chi connectivity index (χ0) is 36.7. The molecule has 2 saturated carbocycles. The summed E-state index contributed by atoms with van der Waals surface area (Å²) in [5.41, 5.74) is -0.651. The van der Waals surface area contributed by atoms with Crippen molar-refractivity contribution in [2.24, 2.45) is 17.3 Å². The molecule has 0 radical (unpaired) electrons. The first-order valence-corrected chi connectivity index (χ1v) is 19.1. The quantitative estimate of drug-likeness (QED) is 0.259. The molecular formula is C38H56N6O7. The van der Waals surface area contributed by atoms with Gasteiger partial charge in [-0.05, 0) is 68.6 Å². The third kappa shape index (κ3) is 9.20. The van der Waals surface area contributed by atoms with Crippen molar-refractivity contribution in [1.29, 1.82) is 0 Å². The highest BCUT2D eigenvalue weighted by atomic mass is 16.5. The molecule has 5 rings (SSSR count). The van der Waals surface area contributed by atoms with Crippen molar-refractivity contribution < 1.29 is 33.5 Å². The zero-order valence-corrected chi connectivity index (χ0v) is 30.7. The topological polar surface area (TPSA) is 177 Å². The molecule has 2 saturated heterocycles. The molecular weight excluding hydrogens is 652 g/mol. The Morgan fingerprint density at radius 2 is 1.63 bits per heavy atom. The van der Waals surface area contributed by atoms with Crippen molar-refractivity contribution >= 4 is 35.2 Å². The smallest absolute Gasteiger partial charge is 0.272 e. The number of hydrogen-bond acceptors (Lipinski definition) is 9. The van der Waals surface area contributed by atoms with Gasteiger partial charge in [0.1, 0.15) is 29.9 Å². The maximum Gasteiger partial charge on any atom is 0.272 e. The molecule has 4 aliphatic rings. The monoisotopic (exact) mass is 708 g/mol. The standard InChI is InChI=1S/C38H56N6O7/c1-5-12-25(31(45)32(46)29-17-11-20-51-29)41-35(48)28-21-24-15-9-10-16-27(24)44(28)37(50)33(38(2,3)4)43-36(49)30(23-13-7-6-8-14-23)42-34(47)26-22-39-18-19-40-26/h18-19,22-25,27-30,33H,5-17,20-21H2,1-4H3,(H,41,48)(H,42,47)(H,43,49)/t24-,25-,27-,28-,29+,30-,33+/m0/s1. The number of amides is 4. The molecule has 7 atom stereocenters. The van der Waals surface area contributed by atoms with Gasteiger partial charge in [-0.1, -0.05) is 66.2 Å². The van der Waals surface area contributed by atoms with Gasteiger partial charge in [0.15, 0.2) is 0 Å². The van der Waals surface area contributed by atoms with Gasteiger partial charge in [-0.25, -0.2) is 4.98 Å². The molecule has 0 bridgehead atoms. The molecule has 2 aliphatic carbocycles. The van der Waals surface area contributed by atoms with Gasteiger partial charge in [-0.15, -0.1) is 0 Å². The lowest BCUT2D eigenvalue weighted by molar-refractivity contribution is -0.148. The van der Waals surface area contributed by atoms with Gasteiger partial charge in [0.25, 0.3) is 5.91 Å². The lowest BCUT2D eigenvalue weighted by Crippen LogP contribution is -2.63. The second kappa shape index (κ2) is 17.2.